The molecule has 2 N–H and O–H groups in total. The van der Waals surface area contributed by atoms with E-state index in [1.807, 2.05) is 6.07 Å². The normalized spacial score (nSPS) is 18.0. The van der Waals surface area contributed by atoms with Gasteiger partial charge in [-0.1, -0.05) is 13.0 Å². The zero-order valence-electron chi connectivity index (χ0n) is 11.6. The lowest BCUT2D eigenvalue weighted by atomic mass is 9.75. The SMILES string of the molecule is CCC1(C(=O)N(C)c2cccc(O)c2)CCNCC1. The smallest absolute Gasteiger partial charge is 0.233 e. The number of nitrogens with one attached hydrogen (secondary N) is 1. The molecular formula is C15H22N2O2. The fourth-order valence-corrected chi connectivity index (χ4v) is 2.80. The molecule has 0 aromatic heterocycles. The van der Waals surface area contributed by atoms with Crippen molar-refractivity contribution in [3.8, 4) is 5.75 Å². The molecule has 0 aliphatic carbocycles. The van der Waals surface area contributed by atoms with Gasteiger partial charge in [0.15, 0.2) is 0 Å². The summed E-state index contributed by atoms with van der Waals surface area (Å²) in [5.41, 5.74) is 0.488. The number of anilines is 1. The van der Waals surface area contributed by atoms with E-state index in [2.05, 4.69) is 12.2 Å². The van der Waals surface area contributed by atoms with Crippen molar-refractivity contribution in [1.29, 1.82) is 0 Å². The highest BCUT2D eigenvalue weighted by Gasteiger charge is 2.39. The van der Waals surface area contributed by atoms with E-state index in [-0.39, 0.29) is 17.1 Å². The first-order valence-corrected chi connectivity index (χ1v) is 6.87. The van der Waals surface area contributed by atoms with Crippen LogP contribution in [0.5, 0.6) is 5.75 Å². The van der Waals surface area contributed by atoms with Crippen molar-refractivity contribution in [1.82, 2.24) is 5.32 Å². The van der Waals surface area contributed by atoms with Gasteiger partial charge in [0.2, 0.25) is 5.91 Å². The predicted molar refractivity (Wildman–Crippen MR) is 76.3 cm³/mol. The molecule has 104 valence electrons. The fraction of sp³-hybridized carbons (Fsp3) is 0.533. The monoisotopic (exact) mass is 262 g/mol. The Balaban J connectivity index is 2.22. The largest absolute Gasteiger partial charge is 0.508 e. The lowest BCUT2D eigenvalue weighted by Gasteiger charge is -2.38. The number of nitrogens with zero attached hydrogens (tertiary/aromatic N) is 1. The highest BCUT2D eigenvalue weighted by Crippen LogP contribution is 2.36. The van der Waals surface area contributed by atoms with Crippen LogP contribution in [0.4, 0.5) is 5.69 Å². The predicted octanol–water partition coefficient (Wildman–Crippen LogP) is 2.13. The topological polar surface area (TPSA) is 52.6 Å². The first kappa shape index (κ1) is 13.9. The van der Waals surface area contributed by atoms with Gasteiger partial charge in [0, 0.05) is 18.8 Å². The standard InChI is InChI=1S/C15H22N2O2/c1-3-15(7-9-16-10-8-15)14(19)17(2)12-5-4-6-13(18)11-12/h4-6,11,16,18H,3,7-10H2,1-2H3. The number of phenolic OH excluding ortho intramolecular Hbond substituents is 1. The summed E-state index contributed by atoms with van der Waals surface area (Å²) in [7, 11) is 1.79. The van der Waals surface area contributed by atoms with Gasteiger partial charge in [-0.3, -0.25) is 4.79 Å². The van der Waals surface area contributed by atoms with Gasteiger partial charge in [0.1, 0.15) is 5.75 Å². The molecule has 0 spiro atoms. The molecule has 4 nitrogen and oxygen atoms in total. The molecule has 0 atom stereocenters. The van der Waals surface area contributed by atoms with E-state index in [1.165, 1.54) is 0 Å². The average molecular weight is 262 g/mol. The molecule has 1 aliphatic rings. The molecule has 0 saturated carbocycles. The third-order valence-corrected chi connectivity index (χ3v) is 4.21. The molecule has 0 unspecified atom stereocenters. The summed E-state index contributed by atoms with van der Waals surface area (Å²) in [6.07, 6.45) is 2.62. The van der Waals surface area contributed by atoms with Gasteiger partial charge in [0.05, 0.1) is 5.41 Å². The minimum atomic E-state index is -0.258. The fourth-order valence-electron chi connectivity index (χ4n) is 2.80. The van der Waals surface area contributed by atoms with E-state index in [9.17, 15) is 9.90 Å². The van der Waals surface area contributed by atoms with Crippen molar-refractivity contribution in [3.05, 3.63) is 24.3 Å². The van der Waals surface area contributed by atoms with Crippen LogP contribution in [0.25, 0.3) is 0 Å². The molecule has 1 aromatic rings. The van der Waals surface area contributed by atoms with Gasteiger partial charge in [-0.2, -0.15) is 0 Å². The number of amides is 1. The van der Waals surface area contributed by atoms with Gasteiger partial charge in [-0.15, -0.1) is 0 Å². The quantitative estimate of drug-likeness (QED) is 0.877. The highest BCUT2D eigenvalue weighted by molar-refractivity contribution is 5.97. The second-order valence-corrected chi connectivity index (χ2v) is 5.27. The summed E-state index contributed by atoms with van der Waals surface area (Å²) in [4.78, 5) is 14.5. The molecule has 0 bridgehead atoms. The van der Waals surface area contributed by atoms with Crippen LogP contribution >= 0.6 is 0 Å². The van der Waals surface area contributed by atoms with Gasteiger partial charge < -0.3 is 15.3 Å². The van der Waals surface area contributed by atoms with Gasteiger partial charge in [-0.05, 0) is 44.5 Å². The number of aromatic hydroxyl groups is 1. The van der Waals surface area contributed by atoms with Crippen molar-refractivity contribution < 1.29 is 9.90 Å². The summed E-state index contributed by atoms with van der Waals surface area (Å²) < 4.78 is 0. The van der Waals surface area contributed by atoms with Crippen molar-refractivity contribution in [2.75, 3.05) is 25.0 Å². The van der Waals surface area contributed by atoms with Crippen LogP contribution in [0.2, 0.25) is 0 Å². The molecule has 1 aliphatic heterocycles. The number of carbonyl (C=O) groups excluding carboxylic acids is 1. The maximum absolute atomic E-state index is 12.8. The number of phenols is 1. The zero-order chi connectivity index (χ0) is 13.9. The minimum Gasteiger partial charge on any atom is -0.508 e. The number of benzene rings is 1. The van der Waals surface area contributed by atoms with E-state index >= 15 is 0 Å². The van der Waals surface area contributed by atoms with Crippen LogP contribution < -0.4 is 10.2 Å². The molecule has 2 rings (SSSR count). The third-order valence-electron chi connectivity index (χ3n) is 4.21. The Kier molecular flexibility index (Phi) is 4.10. The number of carbonyl (C=O) groups is 1. The van der Waals surface area contributed by atoms with Gasteiger partial charge >= 0.3 is 0 Å². The Morgan fingerprint density at radius 3 is 2.68 bits per heavy atom. The third kappa shape index (κ3) is 2.73. The molecule has 1 amide bonds. The molecular weight excluding hydrogens is 240 g/mol. The van der Waals surface area contributed by atoms with Crippen molar-refractivity contribution in [3.63, 3.8) is 0 Å². The molecule has 1 saturated heterocycles. The Hall–Kier alpha value is -1.55. The summed E-state index contributed by atoms with van der Waals surface area (Å²) in [5, 5.41) is 12.8. The van der Waals surface area contributed by atoms with Crippen molar-refractivity contribution >= 4 is 11.6 Å². The van der Waals surface area contributed by atoms with E-state index < -0.39 is 0 Å². The van der Waals surface area contributed by atoms with E-state index in [0.29, 0.717) is 0 Å². The molecule has 1 heterocycles. The Morgan fingerprint density at radius 1 is 1.42 bits per heavy atom. The Bertz CT molecular complexity index is 453. The second kappa shape index (κ2) is 5.61. The number of hydrogen-bond donors (Lipinski definition) is 2. The number of hydrogen-bond acceptors (Lipinski definition) is 3. The van der Waals surface area contributed by atoms with Gasteiger partial charge in [0.25, 0.3) is 0 Å². The Morgan fingerprint density at radius 2 is 2.11 bits per heavy atom. The van der Waals surface area contributed by atoms with Crippen LogP contribution in [0.15, 0.2) is 24.3 Å². The second-order valence-electron chi connectivity index (χ2n) is 5.27. The van der Waals surface area contributed by atoms with Crippen LogP contribution in [-0.4, -0.2) is 31.2 Å². The van der Waals surface area contributed by atoms with E-state index in [1.54, 1.807) is 30.1 Å². The number of rotatable bonds is 3. The van der Waals surface area contributed by atoms with Crippen LogP contribution in [-0.2, 0) is 4.79 Å². The average Bonchev–Trinajstić information content (AvgIpc) is 2.46. The summed E-state index contributed by atoms with van der Waals surface area (Å²) in [6.45, 7) is 3.88. The molecule has 1 aromatic carbocycles. The first-order chi connectivity index (χ1) is 9.09. The maximum Gasteiger partial charge on any atom is 0.233 e. The van der Waals surface area contributed by atoms with E-state index in [4.69, 9.17) is 0 Å². The van der Waals surface area contributed by atoms with Crippen molar-refractivity contribution in [2.45, 2.75) is 26.2 Å². The lowest BCUT2D eigenvalue weighted by molar-refractivity contribution is -0.129. The summed E-state index contributed by atoms with van der Waals surface area (Å²) >= 11 is 0. The van der Waals surface area contributed by atoms with Crippen LogP contribution in [0.3, 0.4) is 0 Å². The first-order valence-electron chi connectivity index (χ1n) is 6.87. The molecule has 1 fully saturated rings. The molecule has 19 heavy (non-hydrogen) atoms. The number of piperidine rings is 1. The molecule has 4 heteroatoms. The minimum absolute atomic E-state index is 0.155. The zero-order valence-corrected chi connectivity index (χ0v) is 11.6. The summed E-state index contributed by atoms with van der Waals surface area (Å²) in [5.74, 6) is 0.343. The highest BCUT2D eigenvalue weighted by atomic mass is 16.3. The van der Waals surface area contributed by atoms with Gasteiger partial charge in [-0.25, -0.2) is 0 Å². The molecule has 0 radical (unpaired) electrons. The Labute approximate surface area is 114 Å². The van der Waals surface area contributed by atoms with E-state index in [0.717, 1.165) is 38.0 Å². The maximum atomic E-state index is 12.8. The van der Waals surface area contributed by atoms with Crippen LogP contribution in [0, 0.1) is 5.41 Å². The summed E-state index contributed by atoms with van der Waals surface area (Å²) in [6, 6.07) is 6.85. The lowest BCUT2D eigenvalue weighted by Crippen LogP contribution is -2.48. The van der Waals surface area contributed by atoms with Crippen molar-refractivity contribution in [2.24, 2.45) is 5.41 Å². The van der Waals surface area contributed by atoms with Crippen LogP contribution in [0.1, 0.15) is 26.2 Å².